The van der Waals surface area contributed by atoms with Gasteiger partial charge in [0.2, 0.25) is 0 Å². The molecular weight excluding hydrogens is 841 g/mol. The summed E-state index contributed by atoms with van der Waals surface area (Å²) in [4.78, 5) is 38.1. The minimum atomic E-state index is -0.782. The van der Waals surface area contributed by atoms with E-state index in [0.717, 1.165) is 89.9 Å². The van der Waals surface area contributed by atoms with Crippen LogP contribution in [0, 0.1) is 0 Å². The Kier molecular flexibility index (Phi) is 54.3. The summed E-state index contributed by atoms with van der Waals surface area (Å²) in [6, 6.07) is 0. The molecule has 0 aliphatic rings. The van der Waals surface area contributed by atoms with E-state index < -0.39 is 6.10 Å². The lowest BCUT2D eigenvalue weighted by molar-refractivity contribution is -0.167. The fraction of sp³-hybridized carbons (Fsp3) is 0.790. The second kappa shape index (κ2) is 56.7. The zero-order valence-corrected chi connectivity index (χ0v) is 45.1. The first-order valence-electron chi connectivity index (χ1n) is 29.3. The van der Waals surface area contributed by atoms with Crippen molar-refractivity contribution in [1.82, 2.24) is 0 Å². The molecule has 0 N–H and O–H groups in total. The van der Waals surface area contributed by atoms with Crippen LogP contribution in [0.25, 0.3) is 0 Å². The van der Waals surface area contributed by atoms with Crippen molar-refractivity contribution in [3.05, 3.63) is 60.8 Å². The fourth-order valence-corrected chi connectivity index (χ4v) is 8.25. The average molecular weight is 952 g/mol. The Labute approximate surface area is 421 Å². The third kappa shape index (κ3) is 54.1. The number of unbranched alkanes of at least 4 members (excludes halogenated alkanes) is 32. The molecule has 0 fully saturated rings. The van der Waals surface area contributed by atoms with Gasteiger partial charge in [-0.3, -0.25) is 14.4 Å². The first-order chi connectivity index (χ1) is 33.5. The Morgan fingerprint density at radius 1 is 0.294 bits per heavy atom. The molecule has 0 aromatic rings. The zero-order chi connectivity index (χ0) is 49.3. The summed E-state index contributed by atoms with van der Waals surface area (Å²) in [5.74, 6) is -0.895. The molecule has 0 aromatic carbocycles. The highest BCUT2D eigenvalue weighted by molar-refractivity contribution is 5.71. The number of carbonyl (C=O) groups is 3. The summed E-state index contributed by atoms with van der Waals surface area (Å²) >= 11 is 0. The molecule has 0 radical (unpaired) electrons. The molecule has 6 nitrogen and oxygen atoms in total. The van der Waals surface area contributed by atoms with Crippen LogP contribution in [0.15, 0.2) is 60.8 Å². The highest BCUT2D eigenvalue weighted by Crippen LogP contribution is 2.15. The number of hydrogen-bond donors (Lipinski definition) is 0. The van der Waals surface area contributed by atoms with Crippen LogP contribution in [0.1, 0.15) is 297 Å². The second-order valence-electron chi connectivity index (χ2n) is 19.5. The first-order valence-corrected chi connectivity index (χ1v) is 29.3. The molecule has 0 aliphatic heterocycles. The highest BCUT2D eigenvalue weighted by atomic mass is 16.6. The molecule has 0 bridgehead atoms. The summed E-state index contributed by atoms with van der Waals surface area (Å²) in [5, 5.41) is 0. The molecule has 0 heterocycles. The normalized spacial score (nSPS) is 12.5. The molecule has 0 amide bonds. The van der Waals surface area contributed by atoms with Crippen LogP contribution in [0.5, 0.6) is 0 Å². The van der Waals surface area contributed by atoms with E-state index in [-0.39, 0.29) is 31.1 Å². The van der Waals surface area contributed by atoms with Gasteiger partial charge < -0.3 is 14.2 Å². The van der Waals surface area contributed by atoms with Crippen LogP contribution in [-0.2, 0) is 28.6 Å². The van der Waals surface area contributed by atoms with Gasteiger partial charge in [-0.15, -0.1) is 0 Å². The van der Waals surface area contributed by atoms with E-state index in [2.05, 4.69) is 81.5 Å². The first kappa shape index (κ1) is 65.1. The van der Waals surface area contributed by atoms with Gasteiger partial charge in [0.15, 0.2) is 6.10 Å². The average Bonchev–Trinajstić information content (AvgIpc) is 3.34. The molecule has 394 valence electrons. The molecule has 0 aromatic heterocycles. The maximum atomic E-state index is 12.8. The second-order valence-corrected chi connectivity index (χ2v) is 19.5. The van der Waals surface area contributed by atoms with Crippen molar-refractivity contribution >= 4 is 17.9 Å². The summed E-state index contributed by atoms with van der Waals surface area (Å²) in [6.07, 6.45) is 70.7. The standard InChI is InChI=1S/C62H110O6/c1-4-7-10-13-16-19-22-24-26-27-28-29-30-31-32-33-34-35-36-38-40-43-46-49-52-55-61(64)67-58-59(57-66-60(63)54-51-48-45-42-39-21-18-15-12-9-6-3)68-62(65)56-53-50-47-44-41-37-25-23-20-17-14-11-8-5-2/h15,18,22-25,27-28,30-31,59H,4-14,16-17,19-21,26,29,32-58H2,1-3H3/b18-15-,24-22-,25-23-,28-27-,31-30-. The number of carbonyl (C=O) groups excluding carboxylic acids is 3. The van der Waals surface area contributed by atoms with Crippen LogP contribution < -0.4 is 0 Å². The largest absolute Gasteiger partial charge is 0.462 e. The predicted molar refractivity (Wildman–Crippen MR) is 293 cm³/mol. The topological polar surface area (TPSA) is 78.9 Å². The SMILES string of the molecule is CCCC/C=C\CCCCCCCC(=O)OCC(COC(=O)CCCCCCCCCCCC/C=C\C/C=C\C/C=C\CCCCCCC)OC(=O)CCCCCCC/C=C\CCCCCCC. The quantitative estimate of drug-likeness (QED) is 0.0262. The lowest BCUT2D eigenvalue weighted by atomic mass is 10.1. The van der Waals surface area contributed by atoms with Gasteiger partial charge in [0.05, 0.1) is 0 Å². The van der Waals surface area contributed by atoms with Crippen LogP contribution in [-0.4, -0.2) is 37.2 Å². The smallest absolute Gasteiger partial charge is 0.306 e. The molecule has 0 aliphatic carbocycles. The lowest BCUT2D eigenvalue weighted by Gasteiger charge is -2.18. The molecular formula is C62H110O6. The highest BCUT2D eigenvalue weighted by Gasteiger charge is 2.19. The van der Waals surface area contributed by atoms with Gasteiger partial charge in [-0.05, 0) is 103 Å². The Balaban J connectivity index is 4.26. The number of allylic oxidation sites excluding steroid dienone is 10. The van der Waals surface area contributed by atoms with Crippen LogP contribution >= 0.6 is 0 Å². The molecule has 6 heteroatoms. The summed E-state index contributed by atoms with van der Waals surface area (Å²) < 4.78 is 16.8. The van der Waals surface area contributed by atoms with Crippen molar-refractivity contribution < 1.29 is 28.6 Å². The maximum Gasteiger partial charge on any atom is 0.306 e. The fourth-order valence-electron chi connectivity index (χ4n) is 8.25. The summed E-state index contributed by atoms with van der Waals surface area (Å²) in [7, 11) is 0. The summed E-state index contributed by atoms with van der Waals surface area (Å²) in [6.45, 7) is 6.58. The third-order valence-electron chi connectivity index (χ3n) is 12.7. The van der Waals surface area contributed by atoms with Gasteiger partial charge in [-0.1, -0.05) is 236 Å². The molecule has 0 rings (SSSR count). The predicted octanol–water partition coefficient (Wildman–Crippen LogP) is 19.6. The van der Waals surface area contributed by atoms with E-state index in [4.69, 9.17) is 14.2 Å². The Bertz CT molecular complexity index is 1230. The van der Waals surface area contributed by atoms with Gasteiger partial charge in [0.1, 0.15) is 13.2 Å². The van der Waals surface area contributed by atoms with E-state index in [9.17, 15) is 14.4 Å². The van der Waals surface area contributed by atoms with E-state index >= 15 is 0 Å². The van der Waals surface area contributed by atoms with Crippen molar-refractivity contribution in [2.45, 2.75) is 303 Å². The minimum Gasteiger partial charge on any atom is -0.462 e. The van der Waals surface area contributed by atoms with Crippen molar-refractivity contribution in [1.29, 1.82) is 0 Å². The third-order valence-corrected chi connectivity index (χ3v) is 12.7. The van der Waals surface area contributed by atoms with Crippen molar-refractivity contribution in [2.75, 3.05) is 13.2 Å². The van der Waals surface area contributed by atoms with Crippen molar-refractivity contribution in [3.63, 3.8) is 0 Å². The Morgan fingerprint density at radius 2 is 0.544 bits per heavy atom. The van der Waals surface area contributed by atoms with Crippen LogP contribution in [0.4, 0.5) is 0 Å². The number of esters is 3. The summed E-state index contributed by atoms with van der Waals surface area (Å²) in [5.41, 5.74) is 0. The van der Waals surface area contributed by atoms with Gasteiger partial charge in [-0.2, -0.15) is 0 Å². The number of rotatable bonds is 53. The molecule has 0 spiro atoms. The maximum absolute atomic E-state index is 12.8. The van der Waals surface area contributed by atoms with Gasteiger partial charge >= 0.3 is 17.9 Å². The van der Waals surface area contributed by atoms with Crippen LogP contribution in [0.3, 0.4) is 0 Å². The number of hydrogen-bond acceptors (Lipinski definition) is 6. The van der Waals surface area contributed by atoms with Gasteiger partial charge in [0, 0.05) is 19.3 Å². The number of ether oxygens (including phenoxy) is 3. The Hall–Kier alpha value is -2.89. The van der Waals surface area contributed by atoms with E-state index in [1.165, 1.54) is 167 Å². The van der Waals surface area contributed by atoms with Crippen molar-refractivity contribution in [3.8, 4) is 0 Å². The van der Waals surface area contributed by atoms with Crippen LogP contribution in [0.2, 0.25) is 0 Å². The molecule has 0 saturated carbocycles. The van der Waals surface area contributed by atoms with E-state index in [1.54, 1.807) is 0 Å². The Morgan fingerprint density at radius 3 is 0.882 bits per heavy atom. The van der Waals surface area contributed by atoms with E-state index in [0.29, 0.717) is 19.3 Å². The zero-order valence-electron chi connectivity index (χ0n) is 45.1. The molecule has 0 saturated heterocycles. The van der Waals surface area contributed by atoms with Gasteiger partial charge in [-0.25, -0.2) is 0 Å². The van der Waals surface area contributed by atoms with E-state index in [1.807, 2.05) is 0 Å². The lowest BCUT2D eigenvalue weighted by Crippen LogP contribution is -2.30. The van der Waals surface area contributed by atoms with Crippen molar-refractivity contribution in [2.24, 2.45) is 0 Å². The molecule has 68 heavy (non-hydrogen) atoms. The minimum absolute atomic E-state index is 0.0813. The monoisotopic (exact) mass is 951 g/mol. The molecule has 1 unspecified atom stereocenters. The molecule has 1 atom stereocenters. The van der Waals surface area contributed by atoms with Gasteiger partial charge in [0.25, 0.3) is 0 Å².